The highest BCUT2D eigenvalue weighted by Gasteiger charge is 2.48. The van der Waals surface area contributed by atoms with Crippen LogP contribution in [0.25, 0.3) is 11.2 Å². The number of aliphatic hydroxyl groups excluding tert-OH is 2. The van der Waals surface area contributed by atoms with Gasteiger partial charge in [0.2, 0.25) is 5.91 Å². The average molecular weight is 586 g/mol. The number of carbonyl (C=O) groups excluding carboxylic acids is 1. The van der Waals surface area contributed by atoms with Crippen molar-refractivity contribution in [3.8, 4) is 0 Å². The number of amides is 1. The predicted molar refractivity (Wildman–Crippen MR) is 148 cm³/mol. The van der Waals surface area contributed by atoms with Crippen molar-refractivity contribution in [1.82, 2.24) is 19.5 Å². The smallest absolute Gasteiger partial charge is 0.394 e. The molecule has 0 bridgehead atoms. The highest BCUT2D eigenvalue weighted by molar-refractivity contribution is 7.46. The van der Waals surface area contributed by atoms with E-state index in [0.29, 0.717) is 6.42 Å². The number of carbonyl (C=O) groups is 1. The summed E-state index contributed by atoms with van der Waals surface area (Å²) in [5.74, 6) is -0.0126. The molecule has 0 spiro atoms. The molecule has 0 saturated carbocycles. The normalized spacial score (nSPS) is 21.3. The van der Waals surface area contributed by atoms with Gasteiger partial charge in [0.15, 0.2) is 23.2 Å². The number of ether oxygens (including phenoxy) is 1. The Kier molecular flexibility index (Phi) is 13.4. The highest BCUT2D eigenvalue weighted by Crippen LogP contribution is 2.45. The Morgan fingerprint density at radius 2 is 1.60 bits per heavy atom. The van der Waals surface area contributed by atoms with E-state index in [-0.39, 0.29) is 22.9 Å². The Morgan fingerprint density at radius 1 is 1.00 bits per heavy atom. The number of phosphoric ester groups is 1. The second-order valence-corrected chi connectivity index (χ2v) is 11.6. The van der Waals surface area contributed by atoms with Crippen molar-refractivity contribution in [2.24, 2.45) is 0 Å². The Labute approximate surface area is 235 Å². The summed E-state index contributed by atoms with van der Waals surface area (Å²) >= 11 is 0. The van der Waals surface area contributed by atoms with Crippen molar-refractivity contribution in [3.63, 3.8) is 0 Å². The quantitative estimate of drug-likeness (QED) is 0.118. The van der Waals surface area contributed by atoms with Crippen LogP contribution in [0.1, 0.15) is 103 Å². The molecule has 3 rings (SSSR count). The Balaban J connectivity index is 1.44. The zero-order chi connectivity index (χ0) is 29.0. The van der Waals surface area contributed by atoms with Gasteiger partial charge < -0.3 is 30.1 Å². The van der Waals surface area contributed by atoms with Crippen molar-refractivity contribution in [2.75, 3.05) is 11.9 Å². The van der Waals surface area contributed by atoms with Gasteiger partial charge in [-0.3, -0.25) is 13.9 Å². The predicted octanol–water partition coefficient (Wildman–Crippen LogP) is 3.97. The third-order valence-corrected chi connectivity index (χ3v) is 7.67. The SMILES string of the molecule is CCCCCCCCCCCCCCCC(=O)Nc1ncnc2c1ncn2[C@@H]1O[C@H](CO)[C@@H](O)[C@H]1OP(=O)(O)O. The number of unbranched alkanes of at least 4 members (excludes halogenated alkanes) is 12. The zero-order valence-electron chi connectivity index (χ0n) is 23.2. The molecule has 1 saturated heterocycles. The summed E-state index contributed by atoms with van der Waals surface area (Å²) in [6, 6.07) is 0. The summed E-state index contributed by atoms with van der Waals surface area (Å²) in [6.07, 6.45) is 13.4. The van der Waals surface area contributed by atoms with Crippen LogP contribution >= 0.6 is 7.82 Å². The fraction of sp³-hybridized carbons (Fsp3) is 0.769. The lowest BCUT2D eigenvalue weighted by Gasteiger charge is -2.22. The summed E-state index contributed by atoms with van der Waals surface area (Å²) in [4.78, 5) is 43.6. The van der Waals surface area contributed by atoms with Crippen LogP contribution in [-0.4, -0.2) is 70.3 Å². The van der Waals surface area contributed by atoms with E-state index in [0.717, 1.165) is 19.3 Å². The van der Waals surface area contributed by atoms with Gasteiger partial charge in [0.05, 0.1) is 12.9 Å². The van der Waals surface area contributed by atoms with Crippen LogP contribution in [0.3, 0.4) is 0 Å². The molecule has 2 aromatic rings. The highest BCUT2D eigenvalue weighted by atomic mass is 31.2. The molecular weight excluding hydrogens is 541 g/mol. The van der Waals surface area contributed by atoms with Crippen molar-refractivity contribution < 1.29 is 38.6 Å². The second kappa shape index (κ2) is 16.5. The molecule has 0 aliphatic carbocycles. The van der Waals surface area contributed by atoms with Gasteiger partial charge in [0.1, 0.15) is 24.6 Å². The van der Waals surface area contributed by atoms with Crippen LogP contribution in [0.4, 0.5) is 5.82 Å². The van der Waals surface area contributed by atoms with Crippen LogP contribution in [-0.2, 0) is 18.6 Å². The molecular formula is C26H44N5O8P. The van der Waals surface area contributed by atoms with Crippen molar-refractivity contribution in [3.05, 3.63) is 12.7 Å². The van der Waals surface area contributed by atoms with Gasteiger partial charge in [-0.25, -0.2) is 19.5 Å². The van der Waals surface area contributed by atoms with Gasteiger partial charge >= 0.3 is 7.82 Å². The minimum atomic E-state index is -4.99. The molecule has 1 amide bonds. The molecule has 0 unspecified atom stereocenters. The molecule has 226 valence electrons. The maximum atomic E-state index is 12.6. The average Bonchev–Trinajstić information content (AvgIpc) is 3.47. The lowest BCUT2D eigenvalue weighted by molar-refractivity contribution is -0.116. The van der Waals surface area contributed by atoms with Crippen LogP contribution in [0.2, 0.25) is 0 Å². The summed E-state index contributed by atoms with van der Waals surface area (Å²) in [5, 5.41) is 22.6. The standard InChI is InChI=1S/C26H44N5O8P/c1-2-3-4-5-6-7-8-9-10-11-12-13-14-15-20(33)30-24-21-25(28-17-27-24)31(18-29-21)26-23(39-40(35,36)37)22(34)19(16-32)38-26/h17-19,22-23,26,32,34H,2-16H2,1H3,(H2,35,36,37)(H,27,28,30,33)/t19-,22-,23-,26-/m1/s1. The second-order valence-electron chi connectivity index (χ2n) is 10.4. The Hall–Kier alpha value is -1.99. The van der Waals surface area contributed by atoms with E-state index in [1.54, 1.807) is 0 Å². The van der Waals surface area contributed by atoms with Gasteiger partial charge in [0.25, 0.3) is 0 Å². The molecule has 13 nitrogen and oxygen atoms in total. The van der Waals surface area contributed by atoms with E-state index in [4.69, 9.17) is 9.26 Å². The number of nitrogens with zero attached hydrogens (tertiary/aromatic N) is 4. The minimum Gasteiger partial charge on any atom is -0.394 e. The Bertz CT molecular complexity index is 1100. The van der Waals surface area contributed by atoms with Crippen LogP contribution in [0.5, 0.6) is 0 Å². The third kappa shape index (κ3) is 9.83. The maximum Gasteiger partial charge on any atom is 0.470 e. The fourth-order valence-electron chi connectivity index (χ4n) is 4.99. The molecule has 3 heterocycles. The fourth-order valence-corrected chi connectivity index (χ4v) is 5.54. The zero-order valence-corrected chi connectivity index (χ0v) is 24.1. The molecule has 0 radical (unpaired) electrons. The number of hydrogen-bond donors (Lipinski definition) is 5. The summed E-state index contributed by atoms with van der Waals surface area (Å²) in [6.45, 7) is 1.64. The first kappa shape index (κ1) is 32.5. The minimum absolute atomic E-state index is 0.188. The van der Waals surface area contributed by atoms with E-state index < -0.39 is 39.0 Å². The van der Waals surface area contributed by atoms with E-state index in [1.165, 1.54) is 81.4 Å². The molecule has 40 heavy (non-hydrogen) atoms. The molecule has 0 aromatic carbocycles. The molecule has 2 aromatic heterocycles. The number of aromatic nitrogens is 4. The number of rotatable bonds is 19. The maximum absolute atomic E-state index is 12.6. The third-order valence-electron chi connectivity index (χ3n) is 7.15. The topological polar surface area (TPSA) is 189 Å². The van der Waals surface area contributed by atoms with Crippen LogP contribution < -0.4 is 5.32 Å². The first-order valence-electron chi connectivity index (χ1n) is 14.4. The molecule has 1 aliphatic rings. The van der Waals surface area contributed by atoms with Crippen molar-refractivity contribution >= 4 is 30.7 Å². The number of hydrogen-bond acceptors (Lipinski definition) is 9. The summed E-state index contributed by atoms with van der Waals surface area (Å²) < 4.78 is 23.1. The Morgan fingerprint density at radius 3 is 2.17 bits per heavy atom. The van der Waals surface area contributed by atoms with Gasteiger partial charge in [-0.05, 0) is 6.42 Å². The summed E-state index contributed by atoms with van der Waals surface area (Å²) in [7, 11) is -4.99. The van der Waals surface area contributed by atoms with Crippen molar-refractivity contribution in [1.29, 1.82) is 0 Å². The first-order valence-corrected chi connectivity index (χ1v) is 15.9. The van der Waals surface area contributed by atoms with Gasteiger partial charge in [-0.2, -0.15) is 0 Å². The summed E-state index contributed by atoms with van der Waals surface area (Å²) in [5.41, 5.74) is 0.433. The van der Waals surface area contributed by atoms with E-state index >= 15 is 0 Å². The number of nitrogens with one attached hydrogen (secondary N) is 1. The molecule has 1 fully saturated rings. The van der Waals surface area contributed by atoms with E-state index in [1.807, 2.05) is 0 Å². The number of fused-ring (bicyclic) bond motifs is 1. The van der Waals surface area contributed by atoms with Gasteiger partial charge in [0, 0.05) is 6.42 Å². The lowest BCUT2D eigenvalue weighted by Crippen LogP contribution is -2.34. The molecule has 4 atom stereocenters. The van der Waals surface area contributed by atoms with Crippen LogP contribution in [0, 0.1) is 0 Å². The van der Waals surface area contributed by atoms with Gasteiger partial charge in [-0.1, -0.05) is 84.0 Å². The first-order chi connectivity index (χ1) is 19.2. The number of anilines is 1. The lowest BCUT2D eigenvalue weighted by atomic mass is 10.0. The van der Waals surface area contributed by atoms with Crippen molar-refractivity contribution in [2.45, 2.75) is 121 Å². The molecule has 5 N–H and O–H groups in total. The van der Waals surface area contributed by atoms with E-state index in [9.17, 15) is 29.4 Å². The molecule has 14 heteroatoms. The molecule has 1 aliphatic heterocycles. The van der Waals surface area contributed by atoms with E-state index in [2.05, 4.69) is 27.2 Å². The monoisotopic (exact) mass is 585 g/mol. The number of imidazole rings is 1. The van der Waals surface area contributed by atoms with Gasteiger partial charge in [-0.15, -0.1) is 0 Å². The number of phosphoric acid groups is 1. The number of aliphatic hydroxyl groups is 2. The van der Waals surface area contributed by atoms with Crippen LogP contribution in [0.15, 0.2) is 12.7 Å². The largest absolute Gasteiger partial charge is 0.470 e.